The molecule has 0 bridgehead atoms. The maximum Gasteiger partial charge on any atom is 0.416 e. The Bertz CT molecular complexity index is 1550. The van der Waals surface area contributed by atoms with Crippen LogP contribution in [-0.2, 0) is 12.7 Å². The molecule has 9 heteroatoms. The molecule has 0 radical (unpaired) electrons. The number of thiophene rings is 1. The number of piperazine rings is 1. The van der Waals surface area contributed by atoms with E-state index in [1.54, 1.807) is 24.3 Å². The molecule has 4 aromatic rings. The highest BCUT2D eigenvalue weighted by Crippen LogP contribution is 2.35. The number of ketones is 1. The zero-order valence-electron chi connectivity index (χ0n) is 21.3. The third-order valence-corrected chi connectivity index (χ3v) is 8.00. The molecule has 204 valence electrons. The molecule has 0 aliphatic carbocycles. The molecule has 1 aromatic heterocycles. The Morgan fingerprint density at radius 2 is 1.55 bits per heavy atom. The van der Waals surface area contributed by atoms with Crippen molar-refractivity contribution in [3.05, 3.63) is 117 Å². The van der Waals surface area contributed by atoms with E-state index in [4.69, 9.17) is 17.3 Å². The summed E-state index contributed by atoms with van der Waals surface area (Å²) in [5, 5.41) is 0.950. The van der Waals surface area contributed by atoms with Crippen molar-refractivity contribution < 1.29 is 18.0 Å². The van der Waals surface area contributed by atoms with E-state index >= 15 is 0 Å². The minimum absolute atomic E-state index is 0.184. The summed E-state index contributed by atoms with van der Waals surface area (Å²) in [5.41, 5.74) is 9.10. The lowest BCUT2D eigenvalue weighted by Gasteiger charge is -2.36. The summed E-state index contributed by atoms with van der Waals surface area (Å²) >= 11 is 7.33. The zero-order valence-corrected chi connectivity index (χ0v) is 22.9. The number of nitrogen functional groups attached to an aromatic ring is 1. The van der Waals surface area contributed by atoms with Gasteiger partial charge in [-0.2, -0.15) is 13.2 Å². The zero-order chi connectivity index (χ0) is 28.3. The molecule has 0 unspecified atom stereocenters. The second-order valence-electron chi connectivity index (χ2n) is 9.41. The van der Waals surface area contributed by atoms with Gasteiger partial charge in [-0.15, -0.1) is 11.3 Å². The van der Waals surface area contributed by atoms with Gasteiger partial charge in [0.2, 0.25) is 0 Å². The molecule has 1 aliphatic rings. The van der Waals surface area contributed by atoms with Gasteiger partial charge in [-0.25, -0.2) is 0 Å². The number of carbonyl (C=O) groups excluding carboxylic acids is 1. The molecule has 0 saturated carbocycles. The number of benzene rings is 3. The first-order valence-electron chi connectivity index (χ1n) is 12.6. The Morgan fingerprint density at radius 1 is 0.900 bits per heavy atom. The smallest absolute Gasteiger partial charge is 0.390 e. The van der Waals surface area contributed by atoms with Crippen LogP contribution in [-0.4, -0.2) is 36.9 Å². The summed E-state index contributed by atoms with van der Waals surface area (Å²) in [6.07, 6.45) is -4.36. The second-order valence-corrected chi connectivity index (χ2v) is 10.9. The minimum atomic E-state index is -4.36. The van der Waals surface area contributed by atoms with Crippen LogP contribution >= 0.6 is 22.9 Å². The van der Waals surface area contributed by atoms with Gasteiger partial charge in [0, 0.05) is 60.1 Å². The molecule has 0 spiro atoms. The van der Waals surface area contributed by atoms with E-state index in [0.29, 0.717) is 53.9 Å². The fraction of sp³-hybridized carbons (Fsp3) is 0.194. The molecule has 1 fully saturated rings. The molecule has 40 heavy (non-hydrogen) atoms. The van der Waals surface area contributed by atoms with Crippen LogP contribution in [0.4, 0.5) is 23.9 Å². The Labute approximate surface area is 239 Å². The van der Waals surface area contributed by atoms with Crippen molar-refractivity contribution in [1.82, 2.24) is 4.90 Å². The molecule has 3 aromatic carbocycles. The van der Waals surface area contributed by atoms with Gasteiger partial charge in [0.1, 0.15) is 0 Å². The summed E-state index contributed by atoms with van der Waals surface area (Å²) in [6, 6.07) is 21.6. The van der Waals surface area contributed by atoms with E-state index in [1.165, 1.54) is 23.5 Å². The number of hydrogen-bond donors (Lipinski definition) is 1. The minimum Gasteiger partial charge on any atom is -0.390 e. The highest BCUT2D eigenvalue weighted by atomic mass is 35.5. The molecule has 2 N–H and O–H groups in total. The lowest BCUT2D eigenvalue weighted by molar-refractivity contribution is -0.137. The van der Waals surface area contributed by atoms with E-state index in [2.05, 4.69) is 21.6 Å². The van der Waals surface area contributed by atoms with Crippen molar-refractivity contribution in [2.75, 3.05) is 36.8 Å². The van der Waals surface area contributed by atoms with Crippen LogP contribution in [0.2, 0.25) is 5.02 Å². The first-order chi connectivity index (χ1) is 19.2. The maximum absolute atomic E-state index is 13.6. The van der Waals surface area contributed by atoms with E-state index in [0.717, 1.165) is 33.8 Å². The van der Waals surface area contributed by atoms with Gasteiger partial charge in [0.25, 0.3) is 0 Å². The van der Waals surface area contributed by atoms with E-state index < -0.39 is 11.7 Å². The van der Waals surface area contributed by atoms with E-state index in [-0.39, 0.29) is 5.78 Å². The van der Waals surface area contributed by atoms with Gasteiger partial charge in [0.05, 0.1) is 21.0 Å². The largest absolute Gasteiger partial charge is 0.416 e. The Balaban J connectivity index is 1.39. The molecule has 0 atom stereocenters. The summed E-state index contributed by atoms with van der Waals surface area (Å²) in [4.78, 5) is 18.6. The van der Waals surface area contributed by atoms with Crippen molar-refractivity contribution in [3.63, 3.8) is 0 Å². The number of anilines is 2. The SMILES string of the molecule is Nc1sc(C#Cc2ccccc2)c(CN2CCN(c3ccc(C(F)(F)F)cc3)CC2)c1C(=O)c1ccc(Cl)cc1. The second kappa shape index (κ2) is 11.8. The van der Waals surface area contributed by atoms with Crippen LogP contribution in [0, 0.1) is 11.8 Å². The number of hydrogen-bond acceptors (Lipinski definition) is 5. The lowest BCUT2D eigenvalue weighted by Crippen LogP contribution is -2.46. The normalized spacial score (nSPS) is 14.1. The van der Waals surface area contributed by atoms with Gasteiger partial charge >= 0.3 is 6.18 Å². The molecule has 1 aliphatic heterocycles. The van der Waals surface area contributed by atoms with Crippen molar-refractivity contribution in [2.45, 2.75) is 12.7 Å². The van der Waals surface area contributed by atoms with Crippen LogP contribution in [0.25, 0.3) is 0 Å². The topological polar surface area (TPSA) is 49.6 Å². The molecule has 4 nitrogen and oxygen atoms in total. The lowest BCUT2D eigenvalue weighted by atomic mass is 9.99. The number of alkyl halides is 3. The van der Waals surface area contributed by atoms with Gasteiger partial charge in [-0.1, -0.05) is 41.6 Å². The number of nitrogens with two attached hydrogens (primary N) is 1. The van der Waals surface area contributed by atoms with Crippen LogP contribution in [0.3, 0.4) is 0 Å². The summed E-state index contributed by atoms with van der Waals surface area (Å²) < 4.78 is 38.9. The van der Waals surface area contributed by atoms with E-state index in [9.17, 15) is 18.0 Å². The molecular weight excluding hydrogens is 555 g/mol. The molecular formula is C31H25ClF3N3OS. The fourth-order valence-corrected chi connectivity index (χ4v) is 5.69. The third-order valence-electron chi connectivity index (χ3n) is 6.78. The van der Waals surface area contributed by atoms with Gasteiger partial charge in [0.15, 0.2) is 5.78 Å². The van der Waals surface area contributed by atoms with Crippen LogP contribution in [0.1, 0.15) is 37.5 Å². The Kier molecular flexibility index (Phi) is 8.17. The monoisotopic (exact) mass is 579 g/mol. The number of nitrogens with zero attached hydrogens (tertiary/aromatic N) is 2. The Morgan fingerprint density at radius 3 is 2.17 bits per heavy atom. The first kappa shape index (κ1) is 27.8. The van der Waals surface area contributed by atoms with Crippen molar-refractivity contribution in [3.8, 4) is 11.8 Å². The van der Waals surface area contributed by atoms with Crippen molar-refractivity contribution in [2.24, 2.45) is 0 Å². The predicted octanol–water partition coefficient (Wildman–Crippen LogP) is 6.96. The molecule has 5 rings (SSSR count). The van der Waals surface area contributed by atoms with Gasteiger partial charge in [-0.05, 0) is 60.7 Å². The first-order valence-corrected chi connectivity index (χ1v) is 13.8. The average molecular weight is 580 g/mol. The van der Waals surface area contributed by atoms with Gasteiger partial charge in [-0.3, -0.25) is 9.69 Å². The Hall–Kier alpha value is -3.77. The van der Waals surface area contributed by atoms with Crippen LogP contribution in [0.5, 0.6) is 0 Å². The highest BCUT2D eigenvalue weighted by Gasteiger charge is 2.30. The van der Waals surface area contributed by atoms with Crippen molar-refractivity contribution >= 4 is 39.4 Å². The standard InChI is InChI=1S/C31H25ClF3N3OS/c32-24-11-7-22(8-12-24)29(39)28-26(27(40-30(28)36)15-6-21-4-2-1-3-5-21)20-37-16-18-38(19-17-37)25-13-9-23(10-14-25)31(33,34)35/h1-5,7-14H,16-20,36H2. The molecule has 1 saturated heterocycles. The molecule has 2 heterocycles. The molecule has 0 amide bonds. The third kappa shape index (κ3) is 6.34. The number of carbonyl (C=O) groups is 1. The van der Waals surface area contributed by atoms with Crippen LogP contribution < -0.4 is 10.6 Å². The highest BCUT2D eigenvalue weighted by molar-refractivity contribution is 7.17. The summed E-state index contributed by atoms with van der Waals surface area (Å²) in [6.45, 7) is 3.07. The van der Waals surface area contributed by atoms with Crippen molar-refractivity contribution in [1.29, 1.82) is 0 Å². The maximum atomic E-state index is 13.6. The van der Waals surface area contributed by atoms with E-state index in [1.807, 2.05) is 30.3 Å². The fourth-order valence-electron chi connectivity index (χ4n) is 4.63. The summed E-state index contributed by atoms with van der Waals surface area (Å²) in [5.74, 6) is 6.23. The number of halogens is 4. The quantitative estimate of drug-likeness (QED) is 0.205. The van der Waals surface area contributed by atoms with Crippen LogP contribution in [0.15, 0.2) is 78.9 Å². The predicted molar refractivity (Wildman–Crippen MR) is 155 cm³/mol. The summed E-state index contributed by atoms with van der Waals surface area (Å²) in [7, 11) is 0. The number of rotatable bonds is 5. The van der Waals surface area contributed by atoms with Gasteiger partial charge < -0.3 is 10.6 Å². The average Bonchev–Trinajstić information content (AvgIpc) is 3.26.